The van der Waals surface area contributed by atoms with Gasteiger partial charge in [0.1, 0.15) is 0 Å². The van der Waals surface area contributed by atoms with Crippen LogP contribution in [-0.4, -0.2) is 43.7 Å². The van der Waals surface area contributed by atoms with E-state index in [1.54, 1.807) is 0 Å². The minimum absolute atomic E-state index is 0.00933. The highest BCUT2D eigenvalue weighted by atomic mass is 32.2. The number of imide groups is 1. The number of carbonyl (C=O) groups excluding carboxylic acids is 2. The van der Waals surface area contributed by atoms with Crippen LogP contribution in [0.4, 0.5) is 0 Å². The maximum Gasteiger partial charge on any atom is 0.258 e. The highest BCUT2D eigenvalue weighted by Crippen LogP contribution is 2.26. The Balaban J connectivity index is 1.41. The van der Waals surface area contributed by atoms with Gasteiger partial charge in [-0.25, -0.2) is 8.42 Å². The zero-order valence-corrected chi connectivity index (χ0v) is 15.9. The van der Waals surface area contributed by atoms with Crippen molar-refractivity contribution < 1.29 is 22.7 Å². The highest BCUT2D eigenvalue weighted by molar-refractivity contribution is 7.89. The molecule has 0 saturated carbocycles. The summed E-state index contributed by atoms with van der Waals surface area (Å²) in [4.78, 5) is 23.5. The van der Waals surface area contributed by atoms with Gasteiger partial charge >= 0.3 is 0 Å². The Kier molecular flexibility index (Phi) is 5.01. The number of ether oxygens (including phenoxy) is 1. The van der Waals surface area contributed by atoms with Crippen LogP contribution in [0.5, 0.6) is 0 Å². The van der Waals surface area contributed by atoms with Gasteiger partial charge in [0.05, 0.1) is 28.7 Å². The summed E-state index contributed by atoms with van der Waals surface area (Å²) < 4.78 is 33.2. The predicted octanol–water partition coefficient (Wildman–Crippen LogP) is 1.94. The molecule has 4 rings (SSSR count). The lowest BCUT2D eigenvalue weighted by Crippen LogP contribution is -2.40. The number of amides is 2. The summed E-state index contributed by atoms with van der Waals surface area (Å²) in [6, 6.07) is 13.9. The number of fused-ring (bicyclic) bond motifs is 1. The minimum Gasteiger partial charge on any atom is -0.373 e. The lowest BCUT2D eigenvalue weighted by atomic mass is 10.1. The van der Waals surface area contributed by atoms with Crippen molar-refractivity contribution >= 4 is 21.8 Å². The van der Waals surface area contributed by atoms with Gasteiger partial charge in [0, 0.05) is 13.1 Å². The Morgan fingerprint density at radius 3 is 2.36 bits per heavy atom. The van der Waals surface area contributed by atoms with E-state index in [1.165, 1.54) is 22.5 Å². The zero-order valence-electron chi connectivity index (χ0n) is 15.1. The SMILES string of the molecule is O=C1NC(=O)c2cc(S(=O)(=O)N3CCC(OCc4ccccc4)CC3)ccc21. The van der Waals surface area contributed by atoms with Crippen molar-refractivity contribution in [3.63, 3.8) is 0 Å². The van der Waals surface area contributed by atoms with E-state index in [2.05, 4.69) is 5.32 Å². The molecule has 8 heteroatoms. The fourth-order valence-electron chi connectivity index (χ4n) is 3.48. The Bertz CT molecular complexity index is 1010. The third-order valence-corrected chi connectivity index (χ3v) is 6.97. The molecule has 2 aliphatic heterocycles. The van der Waals surface area contributed by atoms with E-state index in [0.717, 1.165) is 5.56 Å². The molecular formula is C20H20N2O5S. The summed E-state index contributed by atoms with van der Waals surface area (Å²) in [5.41, 5.74) is 1.40. The molecule has 0 radical (unpaired) electrons. The van der Waals surface area contributed by atoms with Crippen LogP contribution in [0.15, 0.2) is 53.4 Å². The normalized spacial score (nSPS) is 18.1. The summed E-state index contributed by atoms with van der Waals surface area (Å²) in [5.74, 6) is -1.06. The Morgan fingerprint density at radius 2 is 1.64 bits per heavy atom. The highest BCUT2D eigenvalue weighted by Gasteiger charge is 2.33. The zero-order chi connectivity index (χ0) is 19.7. The molecule has 0 spiro atoms. The minimum atomic E-state index is -3.73. The van der Waals surface area contributed by atoms with E-state index in [4.69, 9.17) is 4.74 Å². The summed E-state index contributed by atoms with van der Waals surface area (Å²) in [5, 5.41) is 2.17. The van der Waals surface area contributed by atoms with Gasteiger partial charge in [-0.3, -0.25) is 14.9 Å². The first-order valence-corrected chi connectivity index (χ1v) is 10.5. The van der Waals surface area contributed by atoms with Crippen LogP contribution >= 0.6 is 0 Å². The molecule has 1 N–H and O–H groups in total. The number of nitrogens with one attached hydrogen (secondary N) is 1. The molecule has 2 heterocycles. The molecule has 28 heavy (non-hydrogen) atoms. The van der Waals surface area contributed by atoms with Crippen molar-refractivity contribution in [1.29, 1.82) is 0 Å². The van der Waals surface area contributed by atoms with Gasteiger partial charge in [-0.2, -0.15) is 4.31 Å². The molecule has 1 saturated heterocycles. The van der Waals surface area contributed by atoms with E-state index in [0.29, 0.717) is 32.5 Å². The molecule has 0 aliphatic carbocycles. The third-order valence-electron chi connectivity index (χ3n) is 5.07. The molecule has 2 aromatic carbocycles. The summed E-state index contributed by atoms with van der Waals surface area (Å²) in [6.45, 7) is 1.21. The van der Waals surface area contributed by atoms with Crippen molar-refractivity contribution in [2.75, 3.05) is 13.1 Å². The lowest BCUT2D eigenvalue weighted by Gasteiger charge is -2.31. The number of carbonyl (C=O) groups is 2. The maximum absolute atomic E-state index is 12.9. The van der Waals surface area contributed by atoms with Gasteiger partial charge in [-0.05, 0) is 36.6 Å². The lowest BCUT2D eigenvalue weighted by molar-refractivity contribution is 0.0102. The molecule has 2 amide bonds. The molecule has 2 aliphatic rings. The van der Waals surface area contributed by atoms with E-state index in [9.17, 15) is 18.0 Å². The van der Waals surface area contributed by atoms with Crippen LogP contribution in [0.3, 0.4) is 0 Å². The third kappa shape index (κ3) is 3.58. The van der Waals surface area contributed by atoms with Crippen LogP contribution in [0.2, 0.25) is 0 Å². The second kappa shape index (κ2) is 7.46. The number of hydrogen-bond donors (Lipinski definition) is 1. The average Bonchev–Trinajstić information content (AvgIpc) is 3.01. The van der Waals surface area contributed by atoms with E-state index < -0.39 is 21.8 Å². The van der Waals surface area contributed by atoms with Crippen LogP contribution in [0, 0.1) is 0 Å². The van der Waals surface area contributed by atoms with Gasteiger partial charge in [0.2, 0.25) is 10.0 Å². The number of hydrogen-bond acceptors (Lipinski definition) is 5. The first-order chi connectivity index (χ1) is 13.4. The summed E-state index contributed by atoms with van der Waals surface area (Å²) in [7, 11) is -3.73. The largest absolute Gasteiger partial charge is 0.373 e. The quantitative estimate of drug-likeness (QED) is 0.775. The molecule has 0 bridgehead atoms. The standard InChI is InChI=1S/C20H20N2O5S/c23-19-17-7-6-16(12-18(17)20(24)21-19)28(25,26)22-10-8-15(9-11-22)27-13-14-4-2-1-3-5-14/h1-7,12,15H,8-11,13H2,(H,21,23,24). The van der Waals surface area contributed by atoms with Crippen LogP contribution < -0.4 is 5.32 Å². The van der Waals surface area contributed by atoms with Crippen LogP contribution in [0.25, 0.3) is 0 Å². The number of nitrogens with zero attached hydrogens (tertiary/aromatic N) is 1. The van der Waals surface area contributed by atoms with Gasteiger partial charge < -0.3 is 4.74 Å². The molecule has 0 aromatic heterocycles. The summed E-state index contributed by atoms with van der Waals surface area (Å²) >= 11 is 0. The first kappa shape index (κ1) is 18.8. The molecule has 1 fully saturated rings. The second-order valence-electron chi connectivity index (χ2n) is 6.89. The maximum atomic E-state index is 12.9. The monoisotopic (exact) mass is 400 g/mol. The Labute approximate surface area is 163 Å². The molecule has 0 atom stereocenters. The summed E-state index contributed by atoms with van der Waals surface area (Å²) in [6.07, 6.45) is 1.22. The molecule has 2 aromatic rings. The second-order valence-corrected chi connectivity index (χ2v) is 8.83. The van der Waals surface area contributed by atoms with Crippen molar-refractivity contribution in [2.45, 2.75) is 30.4 Å². The number of piperidine rings is 1. The molecule has 7 nitrogen and oxygen atoms in total. The van der Waals surface area contributed by atoms with Gasteiger partial charge in [-0.15, -0.1) is 0 Å². The van der Waals surface area contributed by atoms with Gasteiger partial charge in [0.15, 0.2) is 0 Å². The Morgan fingerprint density at radius 1 is 0.964 bits per heavy atom. The first-order valence-electron chi connectivity index (χ1n) is 9.10. The van der Waals surface area contributed by atoms with Crippen molar-refractivity contribution in [3.8, 4) is 0 Å². The molecule has 146 valence electrons. The topological polar surface area (TPSA) is 92.8 Å². The van der Waals surface area contributed by atoms with E-state index in [1.807, 2.05) is 30.3 Å². The Hall–Kier alpha value is -2.55. The number of benzene rings is 2. The fraction of sp³-hybridized carbons (Fsp3) is 0.300. The van der Waals surface area contributed by atoms with Crippen molar-refractivity contribution in [3.05, 3.63) is 65.2 Å². The number of rotatable bonds is 5. The molecular weight excluding hydrogens is 380 g/mol. The molecule has 0 unspecified atom stereocenters. The van der Waals surface area contributed by atoms with Crippen molar-refractivity contribution in [2.24, 2.45) is 0 Å². The fourth-order valence-corrected chi connectivity index (χ4v) is 4.98. The average molecular weight is 400 g/mol. The van der Waals surface area contributed by atoms with Gasteiger partial charge in [-0.1, -0.05) is 30.3 Å². The number of sulfonamides is 1. The van der Waals surface area contributed by atoms with E-state index >= 15 is 0 Å². The van der Waals surface area contributed by atoms with Crippen LogP contribution in [-0.2, 0) is 21.4 Å². The smallest absolute Gasteiger partial charge is 0.258 e. The predicted molar refractivity (Wildman–Crippen MR) is 101 cm³/mol. The van der Waals surface area contributed by atoms with Crippen molar-refractivity contribution in [1.82, 2.24) is 9.62 Å². The van der Waals surface area contributed by atoms with E-state index in [-0.39, 0.29) is 22.1 Å². The van der Waals surface area contributed by atoms with Crippen LogP contribution in [0.1, 0.15) is 39.1 Å². The van der Waals surface area contributed by atoms with Gasteiger partial charge in [0.25, 0.3) is 11.8 Å².